The van der Waals surface area contributed by atoms with Crippen LogP contribution in [0.4, 0.5) is 0 Å². The molecule has 2 fully saturated rings. The first-order valence-corrected chi connectivity index (χ1v) is 24.1. The molecule has 0 radical (unpaired) electrons. The summed E-state index contributed by atoms with van der Waals surface area (Å²) in [5.74, 6) is -7.50. The van der Waals surface area contributed by atoms with Crippen molar-refractivity contribution in [1.29, 1.82) is 0 Å². The maximum atomic E-state index is 14.2. The Labute approximate surface area is 399 Å². The minimum atomic E-state index is -1.68. The monoisotopic (exact) mass is 979 g/mol. The Balaban J connectivity index is 1.76. The summed E-state index contributed by atoms with van der Waals surface area (Å²) in [5, 5.41) is 65.6. The summed E-state index contributed by atoms with van der Waals surface area (Å²) in [6, 6.07) is -6.26. The van der Waals surface area contributed by atoms with Gasteiger partial charge in [0.05, 0.1) is 24.9 Å². The summed E-state index contributed by atoms with van der Waals surface area (Å²) in [6.07, 6.45) is 0.0635. The summed E-state index contributed by atoms with van der Waals surface area (Å²) >= 11 is 1.43. The number of thioether (sulfide) groups is 1. The smallest absolute Gasteiger partial charge is 0.326 e. The van der Waals surface area contributed by atoms with Crippen LogP contribution in [0.15, 0.2) is 24.3 Å². The number of benzene rings is 1. The molecule has 2 aliphatic heterocycles. The largest absolute Gasteiger partial charge is 0.508 e. The predicted octanol–water partition coefficient (Wildman–Crippen LogP) is -3.19. The number of hydrogen-bond donors (Lipinski definition) is 12. The SMILES string of the molecule is CSCC[C@H](NC(=O)[C@@H](N)CC(C)C)C(=O)N[C@@H](Cc1ccc(O)cc1)C(=O)N[C@H](C(=O)N1CCC[C@H]1C(=O)N[C@H](C(=O)N[C@@H](C)C(=O)N[C@@H](CO)C(=O)N1CCC[C@H]1C(=O)O)[C@@H](C)O)[C@@H](C)O. The maximum absolute atomic E-state index is 14.2. The molecule has 68 heavy (non-hydrogen) atoms. The number of likely N-dealkylation sites (tertiary alicyclic amines) is 2. The quantitative estimate of drug-likeness (QED) is 0.0459. The van der Waals surface area contributed by atoms with Gasteiger partial charge < -0.3 is 73.0 Å². The predicted molar refractivity (Wildman–Crippen MR) is 247 cm³/mol. The van der Waals surface area contributed by atoms with Crippen LogP contribution >= 0.6 is 11.8 Å². The number of aliphatic hydroxyl groups excluding tert-OH is 3. The first-order valence-electron chi connectivity index (χ1n) is 22.7. The summed E-state index contributed by atoms with van der Waals surface area (Å²) in [6.45, 7) is 6.66. The van der Waals surface area contributed by atoms with Gasteiger partial charge in [0.1, 0.15) is 54.1 Å². The highest BCUT2D eigenvalue weighted by atomic mass is 32.2. The third-order valence-corrected chi connectivity index (χ3v) is 12.3. The average molecular weight is 980 g/mol. The first kappa shape index (κ1) is 56.8. The highest BCUT2D eigenvalue weighted by Crippen LogP contribution is 2.21. The fraction of sp³-hybridized carbons (Fsp3) is 0.659. The van der Waals surface area contributed by atoms with Crippen molar-refractivity contribution in [2.45, 2.75) is 146 Å². The summed E-state index contributed by atoms with van der Waals surface area (Å²) in [5.41, 5.74) is 6.58. The highest BCUT2D eigenvalue weighted by molar-refractivity contribution is 7.98. The fourth-order valence-corrected chi connectivity index (χ4v) is 8.34. The van der Waals surface area contributed by atoms with Gasteiger partial charge in [0.15, 0.2) is 0 Å². The molecule has 0 unspecified atom stereocenters. The summed E-state index contributed by atoms with van der Waals surface area (Å²) in [7, 11) is 0. The molecule has 2 heterocycles. The maximum Gasteiger partial charge on any atom is 0.326 e. The number of aliphatic carboxylic acids is 1. The lowest BCUT2D eigenvalue weighted by molar-refractivity contribution is -0.150. The van der Waals surface area contributed by atoms with Crippen molar-refractivity contribution in [3.63, 3.8) is 0 Å². The first-order chi connectivity index (χ1) is 32.0. The molecule has 8 amide bonds. The second-order valence-electron chi connectivity index (χ2n) is 17.7. The number of amides is 8. The molecule has 0 aliphatic carbocycles. The number of carboxylic acid groups (broad SMARTS) is 1. The summed E-state index contributed by atoms with van der Waals surface area (Å²) < 4.78 is 0. The van der Waals surface area contributed by atoms with Gasteiger partial charge in [0.2, 0.25) is 47.3 Å². The standard InChI is InChI=1S/C44H69N9O14S/c1-22(2)19-28(45)37(59)47-29(15-18-68-6)38(60)48-30(20-26-11-13-27(57)14-12-26)39(61)51-35(25(5)56)43(65)52-16-7-9-32(52)40(62)50-34(24(4)55)41(63)46-23(3)36(58)49-31(21-54)42(64)53-17-8-10-33(53)44(66)67/h11-14,22-25,28-35,54-57H,7-10,15-21,45H2,1-6H3,(H,46,63)(H,47,59)(H,48,60)(H,49,58)(H,50,62)(H,51,61)(H,66,67)/t23-,24+,25+,28-,29-,30-,31-,32-,33-,34-,35-/m0/s1. The van der Waals surface area contributed by atoms with Gasteiger partial charge in [0.25, 0.3) is 0 Å². The minimum Gasteiger partial charge on any atom is -0.508 e. The summed E-state index contributed by atoms with van der Waals surface area (Å²) in [4.78, 5) is 122. The Morgan fingerprint density at radius 3 is 1.78 bits per heavy atom. The van der Waals surface area contributed by atoms with Gasteiger partial charge in [0, 0.05) is 19.5 Å². The van der Waals surface area contributed by atoms with Crippen LogP contribution in [-0.4, -0.2) is 187 Å². The molecule has 0 spiro atoms. The molecule has 1 aromatic rings. The van der Waals surface area contributed by atoms with Crippen molar-refractivity contribution < 1.29 is 68.7 Å². The number of carboxylic acids is 1. The van der Waals surface area contributed by atoms with Crippen LogP contribution in [0.2, 0.25) is 0 Å². The molecule has 23 nitrogen and oxygen atoms in total. The molecule has 13 N–H and O–H groups in total. The van der Waals surface area contributed by atoms with E-state index in [0.717, 1.165) is 9.80 Å². The Bertz CT molecular complexity index is 1940. The van der Waals surface area contributed by atoms with Crippen LogP contribution < -0.4 is 37.6 Å². The van der Waals surface area contributed by atoms with Crippen LogP contribution in [0.1, 0.15) is 78.7 Å². The van der Waals surface area contributed by atoms with Crippen LogP contribution in [-0.2, 0) is 49.6 Å². The van der Waals surface area contributed by atoms with E-state index in [4.69, 9.17) is 5.73 Å². The van der Waals surface area contributed by atoms with Gasteiger partial charge in [-0.1, -0.05) is 26.0 Å². The number of rotatable bonds is 25. The second kappa shape index (κ2) is 26.8. The molecule has 2 saturated heterocycles. The Hall–Kier alpha value is -5.56. The molecule has 0 aromatic heterocycles. The molecule has 2 aliphatic rings. The van der Waals surface area contributed by atoms with Gasteiger partial charge in [-0.3, -0.25) is 38.4 Å². The van der Waals surface area contributed by atoms with Crippen molar-refractivity contribution >= 4 is 65.0 Å². The van der Waals surface area contributed by atoms with Gasteiger partial charge in [-0.15, -0.1) is 0 Å². The van der Waals surface area contributed by atoms with E-state index in [2.05, 4.69) is 31.9 Å². The fourth-order valence-electron chi connectivity index (χ4n) is 7.86. The van der Waals surface area contributed by atoms with E-state index in [0.29, 0.717) is 24.2 Å². The molecule has 380 valence electrons. The third-order valence-electron chi connectivity index (χ3n) is 11.6. The van der Waals surface area contributed by atoms with Crippen LogP contribution in [0.25, 0.3) is 0 Å². The van der Waals surface area contributed by atoms with Crippen molar-refractivity contribution in [1.82, 2.24) is 41.7 Å². The lowest BCUT2D eigenvalue weighted by atomic mass is 10.0. The molecule has 1 aromatic carbocycles. The number of carbonyl (C=O) groups excluding carboxylic acids is 8. The number of nitrogens with one attached hydrogen (secondary N) is 6. The third kappa shape index (κ3) is 16.3. The van der Waals surface area contributed by atoms with E-state index in [1.807, 2.05) is 20.1 Å². The van der Waals surface area contributed by atoms with E-state index >= 15 is 0 Å². The zero-order valence-corrected chi connectivity index (χ0v) is 40.1. The van der Waals surface area contributed by atoms with Crippen molar-refractivity contribution in [3.05, 3.63) is 29.8 Å². The molecular weight excluding hydrogens is 911 g/mol. The lowest BCUT2D eigenvalue weighted by Gasteiger charge is -2.32. The Morgan fingerprint density at radius 1 is 0.691 bits per heavy atom. The normalized spacial score (nSPS) is 19.8. The zero-order chi connectivity index (χ0) is 51.0. The van der Waals surface area contributed by atoms with E-state index in [-0.39, 0.29) is 56.9 Å². The average Bonchev–Trinajstić information content (AvgIpc) is 3.99. The van der Waals surface area contributed by atoms with Crippen molar-refractivity contribution in [2.24, 2.45) is 11.7 Å². The number of carbonyl (C=O) groups is 9. The topological polar surface area (TPSA) is 359 Å². The Morgan fingerprint density at radius 2 is 1.24 bits per heavy atom. The number of nitrogens with two attached hydrogens (primary N) is 1. The lowest BCUT2D eigenvalue weighted by Crippen LogP contribution is -2.62. The Kier molecular flexibility index (Phi) is 22.4. The van der Waals surface area contributed by atoms with Gasteiger partial charge in [-0.2, -0.15) is 11.8 Å². The molecule has 0 saturated carbocycles. The van der Waals surface area contributed by atoms with E-state index in [1.54, 1.807) is 0 Å². The highest BCUT2D eigenvalue weighted by Gasteiger charge is 2.43. The minimum absolute atomic E-state index is 0.0163. The van der Waals surface area contributed by atoms with Crippen LogP contribution in [0.5, 0.6) is 5.75 Å². The van der Waals surface area contributed by atoms with Crippen LogP contribution in [0.3, 0.4) is 0 Å². The molecular formula is C44H69N9O14S. The molecule has 24 heteroatoms. The van der Waals surface area contributed by atoms with E-state index in [1.165, 1.54) is 56.8 Å². The van der Waals surface area contributed by atoms with Gasteiger partial charge in [-0.25, -0.2) is 4.79 Å². The number of phenols is 1. The number of phenolic OH excluding ortho intramolecular Hbond substituents is 1. The van der Waals surface area contributed by atoms with Crippen LogP contribution in [0, 0.1) is 5.92 Å². The van der Waals surface area contributed by atoms with Crippen molar-refractivity contribution in [2.75, 3.05) is 31.7 Å². The van der Waals surface area contributed by atoms with E-state index in [9.17, 15) is 68.7 Å². The second-order valence-corrected chi connectivity index (χ2v) is 18.6. The van der Waals surface area contributed by atoms with Gasteiger partial charge >= 0.3 is 5.97 Å². The number of hydrogen-bond acceptors (Lipinski definition) is 15. The zero-order valence-electron chi connectivity index (χ0n) is 39.3. The number of nitrogens with zero attached hydrogens (tertiary/aromatic N) is 2. The molecule has 11 atom stereocenters. The van der Waals surface area contributed by atoms with Gasteiger partial charge in [-0.05, 0) is 94.9 Å². The molecule has 3 rings (SSSR count). The number of aliphatic hydroxyl groups is 3. The molecule has 0 bridgehead atoms. The van der Waals surface area contributed by atoms with Crippen molar-refractivity contribution in [3.8, 4) is 5.75 Å². The number of aromatic hydroxyl groups is 1. The van der Waals surface area contributed by atoms with E-state index < -0.39 is 126 Å².